The van der Waals surface area contributed by atoms with Gasteiger partial charge in [0.15, 0.2) is 0 Å². The number of para-hydroxylation sites is 1. The molecule has 1 aliphatic rings. The number of nitrogens with zero attached hydrogens (tertiary/aromatic N) is 1. The van der Waals surface area contributed by atoms with Crippen LogP contribution in [0.3, 0.4) is 0 Å². The van der Waals surface area contributed by atoms with Crippen LogP contribution < -0.4 is 15.1 Å². The standard InChI is InChI=1S/C26H23NO4/c1-17-7-9-18(10-8-17)21-13-25(28)31-26-20(21)11-12-24-22(26)15-27(16-30-24)14-19-5-3-4-6-23(19)29-2/h3-13H,14-16H2,1-2H3. The maximum Gasteiger partial charge on any atom is 0.336 e. The van der Waals surface area contributed by atoms with Crippen LogP contribution in [0.2, 0.25) is 0 Å². The van der Waals surface area contributed by atoms with Crippen LogP contribution in [-0.2, 0) is 13.1 Å². The summed E-state index contributed by atoms with van der Waals surface area (Å²) in [6, 6.07) is 21.6. The molecule has 4 aromatic rings. The lowest BCUT2D eigenvalue weighted by Crippen LogP contribution is -2.31. The highest BCUT2D eigenvalue weighted by molar-refractivity contribution is 5.95. The number of hydrogen-bond acceptors (Lipinski definition) is 5. The van der Waals surface area contributed by atoms with Crippen molar-refractivity contribution in [3.63, 3.8) is 0 Å². The zero-order valence-electron chi connectivity index (χ0n) is 17.6. The van der Waals surface area contributed by atoms with E-state index in [1.54, 1.807) is 13.2 Å². The second-order valence-corrected chi connectivity index (χ2v) is 7.84. The minimum atomic E-state index is -0.363. The molecule has 0 bridgehead atoms. The van der Waals surface area contributed by atoms with Gasteiger partial charge < -0.3 is 13.9 Å². The van der Waals surface area contributed by atoms with Crippen molar-refractivity contribution in [1.29, 1.82) is 0 Å². The molecule has 0 saturated carbocycles. The molecule has 0 fully saturated rings. The van der Waals surface area contributed by atoms with E-state index in [0.717, 1.165) is 39.1 Å². The third-order valence-corrected chi connectivity index (χ3v) is 5.71. The van der Waals surface area contributed by atoms with E-state index in [1.165, 1.54) is 5.56 Å². The molecule has 0 amide bonds. The summed E-state index contributed by atoms with van der Waals surface area (Å²) in [6.45, 7) is 3.79. The Labute approximate surface area is 180 Å². The molecule has 1 aromatic heterocycles. The van der Waals surface area contributed by atoms with Crippen molar-refractivity contribution in [1.82, 2.24) is 4.90 Å². The fourth-order valence-corrected chi connectivity index (χ4v) is 4.13. The first kappa shape index (κ1) is 19.4. The molecule has 5 nitrogen and oxygen atoms in total. The summed E-state index contributed by atoms with van der Waals surface area (Å²) in [5.41, 5.74) is 5.24. The molecule has 0 spiro atoms. The number of methoxy groups -OCH3 is 1. The third-order valence-electron chi connectivity index (χ3n) is 5.71. The van der Waals surface area contributed by atoms with Crippen molar-refractivity contribution in [3.8, 4) is 22.6 Å². The summed E-state index contributed by atoms with van der Waals surface area (Å²) in [5, 5.41) is 0.907. The topological polar surface area (TPSA) is 51.9 Å². The normalized spacial score (nSPS) is 13.6. The van der Waals surface area contributed by atoms with Crippen molar-refractivity contribution >= 4 is 11.0 Å². The summed E-state index contributed by atoms with van der Waals surface area (Å²) >= 11 is 0. The largest absolute Gasteiger partial charge is 0.496 e. The van der Waals surface area contributed by atoms with Crippen molar-refractivity contribution in [2.45, 2.75) is 20.0 Å². The number of hydrogen-bond donors (Lipinski definition) is 0. The van der Waals surface area contributed by atoms with E-state index < -0.39 is 0 Å². The van der Waals surface area contributed by atoms with Gasteiger partial charge in [0, 0.05) is 30.1 Å². The highest BCUT2D eigenvalue weighted by atomic mass is 16.5. The Hall–Kier alpha value is -3.57. The Morgan fingerprint density at radius 2 is 1.84 bits per heavy atom. The highest BCUT2D eigenvalue weighted by Crippen LogP contribution is 2.36. The minimum absolute atomic E-state index is 0.363. The van der Waals surface area contributed by atoms with Gasteiger partial charge in [-0.3, -0.25) is 4.90 Å². The average molecular weight is 413 g/mol. The maximum atomic E-state index is 12.4. The van der Waals surface area contributed by atoms with E-state index in [1.807, 2.05) is 67.6 Å². The quantitative estimate of drug-likeness (QED) is 0.434. The van der Waals surface area contributed by atoms with Crippen molar-refractivity contribution in [2.24, 2.45) is 0 Å². The molecule has 0 unspecified atom stereocenters. The predicted molar refractivity (Wildman–Crippen MR) is 120 cm³/mol. The predicted octanol–water partition coefficient (Wildman–Crippen LogP) is 5.13. The molecule has 0 N–H and O–H groups in total. The molecular weight excluding hydrogens is 390 g/mol. The summed E-state index contributed by atoms with van der Waals surface area (Å²) < 4.78 is 17.2. The number of benzene rings is 3. The van der Waals surface area contributed by atoms with Crippen LogP contribution in [0.1, 0.15) is 16.7 Å². The molecular formula is C26H23NO4. The molecule has 0 radical (unpaired) electrons. The van der Waals surface area contributed by atoms with Gasteiger partial charge in [-0.15, -0.1) is 0 Å². The Morgan fingerprint density at radius 3 is 2.65 bits per heavy atom. The fourth-order valence-electron chi connectivity index (χ4n) is 4.13. The van der Waals surface area contributed by atoms with E-state index >= 15 is 0 Å². The summed E-state index contributed by atoms with van der Waals surface area (Å²) in [6.07, 6.45) is 0. The second kappa shape index (κ2) is 7.93. The summed E-state index contributed by atoms with van der Waals surface area (Å²) in [7, 11) is 1.68. The maximum absolute atomic E-state index is 12.4. The van der Waals surface area contributed by atoms with Gasteiger partial charge in [-0.05, 0) is 36.2 Å². The first-order valence-electron chi connectivity index (χ1n) is 10.3. The van der Waals surface area contributed by atoms with Crippen molar-refractivity contribution in [3.05, 3.63) is 93.8 Å². The number of aryl methyl sites for hydroxylation is 1. The van der Waals surface area contributed by atoms with Gasteiger partial charge in [0.25, 0.3) is 0 Å². The van der Waals surface area contributed by atoms with Gasteiger partial charge in [0.2, 0.25) is 0 Å². The van der Waals surface area contributed by atoms with Crippen LogP contribution >= 0.6 is 0 Å². The van der Waals surface area contributed by atoms with Crippen molar-refractivity contribution in [2.75, 3.05) is 13.8 Å². The fraction of sp³-hybridized carbons (Fsp3) is 0.192. The highest BCUT2D eigenvalue weighted by Gasteiger charge is 2.23. The Balaban J connectivity index is 1.56. The molecule has 1 aliphatic heterocycles. The van der Waals surface area contributed by atoms with E-state index in [9.17, 15) is 4.79 Å². The lowest BCUT2D eigenvalue weighted by atomic mass is 9.98. The van der Waals surface area contributed by atoms with E-state index in [-0.39, 0.29) is 5.63 Å². The van der Waals surface area contributed by atoms with Gasteiger partial charge in [0.05, 0.1) is 12.7 Å². The second-order valence-electron chi connectivity index (χ2n) is 7.84. The molecule has 0 saturated heterocycles. The monoisotopic (exact) mass is 413 g/mol. The van der Waals surface area contributed by atoms with Crippen molar-refractivity contribution < 1.29 is 13.9 Å². The smallest absolute Gasteiger partial charge is 0.336 e. The Kier molecular flexibility index (Phi) is 4.96. The molecule has 3 aromatic carbocycles. The van der Waals surface area contributed by atoms with Gasteiger partial charge in [-0.25, -0.2) is 4.79 Å². The lowest BCUT2D eigenvalue weighted by molar-refractivity contribution is 0.0882. The van der Waals surface area contributed by atoms with Gasteiger partial charge in [0.1, 0.15) is 23.8 Å². The lowest BCUT2D eigenvalue weighted by Gasteiger charge is -2.29. The van der Waals surface area contributed by atoms with Gasteiger partial charge in [-0.1, -0.05) is 48.0 Å². The summed E-state index contributed by atoms with van der Waals surface area (Å²) in [4.78, 5) is 14.6. The zero-order valence-corrected chi connectivity index (χ0v) is 17.6. The van der Waals surface area contributed by atoms with Crippen LogP contribution in [0.4, 0.5) is 0 Å². The molecule has 0 aliphatic carbocycles. The minimum Gasteiger partial charge on any atom is -0.496 e. The molecule has 2 heterocycles. The number of rotatable bonds is 4. The molecule has 0 atom stereocenters. The molecule has 156 valence electrons. The average Bonchev–Trinajstić information content (AvgIpc) is 2.79. The Morgan fingerprint density at radius 1 is 1.03 bits per heavy atom. The summed E-state index contributed by atoms with van der Waals surface area (Å²) in [5.74, 6) is 1.60. The van der Waals surface area contributed by atoms with E-state index in [4.69, 9.17) is 13.9 Å². The van der Waals surface area contributed by atoms with E-state index in [2.05, 4.69) is 4.90 Å². The first-order chi connectivity index (χ1) is 15.1. The first-order valence-corrected chi connectivity index (χ1v) is 10.3. The SMILES string of the molecule is COc1ccccc1CN1COc2ccc3c(-c4ccc(C)cc4)cc(=O)oc3c2C1. The Bertz CT molecular complexity index is 1310. The van der Waals surface area contributed by atoms with Crippen LogP contribution in [-0.4, -0.2) is 18.7 Å². The zero-order chi connectivity index (χ0) is 21.4. The van der Waals surface area contributed by atoms with Crippen LogP contribution in [0.5, 0.6) is 11.5 Å². The number of fused-ring (bicyclic) bond motifs is 3. The molecule has 31 heavy (non-hydrogen) atoms. The van der Waals surface area contributed by atoms with Crippen LogP contribution in [0.25, 0.3) is 22.1 Å². The van der Waals surface area contributed by atoms with Crippen LogP contribution in [0.15, 0.2) is 75.9 Å². The van der Waals surface area contributed by atoms with E-state index in [0.29, 0.717) is 25.4 Å². The molecule has 5 heteroatoms. The molecule has 5 rings (SSSR count). The third kappa shape index (κ3) is 3.68. The van der Waals surface area contributed by atoms with Crippen LogP contribution in [0, 0.1) is 6.92 Å². The van der Waals surface area contributed by atoms with Gasteiger partial charge >= 0.3 is 5.63 Å². The van der Waals surface area contributed by atoms with Gasteiger partial charge in [-0.2, -0.15) is 0 Å². The number of ether oxygens (including phenoxy) is 2.